The van der Waals surface area contributed by atoms with Gasteiger partial charge in [-0.3, -0.25) is 10.2 Å². The molecule has 0 aliphatic carbocycles. The number of hydrogen-bond donors (Lipinski definition) is 2. The minimum absolute atomic E-state index is 0.0194. The van der Waals surface area contributed by atoms with Crippen LogP contribution in [0.2, 0.25) is 0 Å². The van der Waals surface area contributed by atoms with Gasteiger partial charge in [0, 0.05) is 24.5 Å². The standard InChI is InChI=1S/C16H21N5OS/c1-20-7-5-10-12(8-20)23-16-13(10)14(17)21(9-19-16)11-4-2-3-6-18-15(11)22/h9,11,17H,2-8H2,1H3,(H,18,22). The average molecular weight is 331 g/mol. The highest BCUT2D eigenvalue weighted by atomic mass is 32.1. The summed E-state index contributed by atoms with van der Waals surface area (Å²) in [6.07, 6.45) is 5.43. The molecule has 0 spiro atoms. The fraction of sp³-hybridized carbons (Fsp3) is 0.562. The van der Waals surface area contributed by atoms with Crippen molar-refractivity contribution in [2.24, 2.45) is 0 Å². The van der Waals surface area contributed by atoms with Crippen molar-refractivity contribution in [2.75, 3.05) is 20.1 Å². The van der Waals surface area contributed by atoms with Crippen molar-refractivity contribution in [1.29, 1.82) is 5.41 Å². The molecule has 4 heterocycles. The zero-order valence-electron chi connectivity index (χ0n) is 13.3. The van der Waals surface area contributed by atoms with Gasteiger partial charge >= 0.3 is 0 Å². The molecule has 0 saturated carbocycles. The molecule has 1 unspecified atom stereocenters. The van der Waals surface area contributed by atoms with Crippen LogP contribution < -0.4 is 10.8 Å². The van der Waals surface area contributed by atoms with E-state index in [9.17, 15) is 4.79 Å². The zero-order chi connectivity index (χ0) is 16.0. The number of amides is 1. The van der Waals surface area contributed by atoms with Crippen LogP contribution >= 0.6 is 11.3 Å². The van der Waals surface area contributed by atoms with Crippen molar-refractivity contribution in [3.05, 3.63) is 22.3 Å². The summed E-state index contributed by atoms with van der Waals surface area (Å²) in [7, 11) is 2.12. The summed E-state index contributed by atoms with van der Waals surface area (Å²) in [6, 6.07) is -0.302. The molecule has 23 heavy (non-hydrogen) atoms. The van der Waals surface area contributed by atoms with Gasteiger partial charge in [0.1, 0.15) is 16.4 Å². The van der Waals surface area contributed by atoms with Crippen molar-refractivity contribution in [3.63, 3.8) is 0 Å². The van der Waals surface area contributed by atoms with Gasteiger partial charge in [-0.1, -0.05) is 0 Å². The summed E-state index contributed by atoms with van der Waals surface area (Å²) in [5.41, 5.74) is 1.71. The van der Waals surface area contributed by atoms with Gasteiger partial charge in [-0.15, -0.1) is 11.3 Å². The number of likely N-dealkylation sites (N-methyl/N-ethyl adjacent to an activating group) is 1. The SMILES string of the molecule is CN1CCc2c(sc3ncn(C4CCCCNC4=O)c(=N)c23)C1. The van der Waals surface area contributed by atoms with E-state index in [1.807, 2.05) is 0 Å². The fourth-order valence-corrected chi connectivity index (χ4v) is 4.85. The van der Waals surface area contributed by atoms with Crippen molar-refractivity contribution in [2.45, 2.75) is 38.3 Å². The number of carbonyl (C=O) groups excluding carboxylic acids is 1. The van der Waals surface area contributed by atoms with E-state index < -0.39 is 0 Å². The Morgan fingerprint density at radius 3 is 3.17 bits per heavy atom. The first-order valence-corrected chi connectivity index (χ1v) is 8.99. The third kappa shape index (κ3) is 2.48. The lowest BCUT2D eigenvalue weighted by Crippen LogP contribution is -2.36. The highest BCUT2D eigenvalue weighted by molar-refractivity contribution is 7.18. The van der Waals surface area contributed by atoms with Gasteiger partial charge in [-0.2, -0.15) is 0 Å². The minimum Gasteiger partial charge on any atom is -0.354 e. The molecule has 1 saturated heterocycles. The van der Waals surface area contributed by atoms with Crippen molar-refractivity contribution in [3.8, 4) is 0 Å². The number of thiophene rings is 1. The van der Waals surface area contributed by atoms with Crippen molar-refractivity contribution < 1.29 is 4.79 Å². The molecule has 2 N–H and O–H groups in total. The van der Waals surface area contributed by atoms with Crippen LogP contribution in [0.15, 0.2) is 6.33 Å². The molecule has 0 radical (unpaired) electrons. The second-order valence-electron chi connectivity index (χ2n) is 6.47. The smallest absolute Gasteiger partial charge is 0.243 e. The minimum atomic E-state index is -0.302. The van der Waals surface area contributed by atoms with E-state index >= 15 is 0 Å². The van der Waals surface area contributed by atoms with E-state index in [0.29, 0.717) is 5.49 Å². The van der Waals surface area contributed by atoms with Crippen LogP contribution in [0.4, 0.5) is 0 Å². The third-order valence-electron chi connectivity index (χ3n) is 4.87. The van der Waals surface area contributed by atoms with Gasteiger partial charge < -0.3 is 14.8 Å². The number of nitrogens with one attached hydrogen (secondary N) is 2. The Kier molecular flexibility index (Phi) is 3.69. The largest absolute Gasteiger partial charge is 0.354 e. The first-order chi connectivity index (χ1) is 11.1. The highest BCUT2D eigenvalue weighted by Gasteiger charge is 2.26. The van der Waals surface area contributed by atoms with Crippen LogP contribution in [0.1, 0.15) is 35.7 Å². The van der Waals surface area contributed by atoms with Gasteiger partial charge in [0.25, 0.3) is 0 Å². The Bertz CT molecular complexity index is 824. The molecule has 6 nitrogen and oxygen atoms in total. The first kappa shape index (κ1) is 14.8. The molecule has 7 heteroatoms. The average Bonchev–Trinajstić information content (AvgIpc) is 2.76. The Labute approximate surface area is 138 Å². The monoisotopic (exact) mass is 331 g/mol. The molecule has 2 aliphatic rings. The van der Waals surface area contributed by atoms with Gasteiger partial charge in [-0.25, -0.2) is 4.98 Å². The van der Waals surface area contributed by atoms with Gasteiger partial charge in [0.2, 0.25) is 5.91 Å². The van der Waals surface area contributed by atoms with Crippen molar-refractivity contribution >= 4 is 27.5 Å². The Morgan fingerprint density at radius 2 is 2.30 bits per heavy atom. The lowest BCUT2D eigenvalue weighted by atomic mass is 10.1. The van der Waals surface area contributed by atoms with Crippen LogP contribution in [0, 0.1) is 5.41 Å². The van der Waals surface area contributed by atoms with Crippen LogP contribution in [0.5, 0.6) is 0 Å². The summed E-state index contributed by atoms with van der Waals surface area (Å²) >= 11 is 1.69. The number of aromatic nitrogens is 2. The Balaban J connectivity index is 1.84. The maximum atomic E-state index is 12.3. The summed E-state index contributed by atoms with van der Waals surface area (Å²) < 4.78 is 1.77. The second-order valence-corrected chi connectivity index (χ2v) is 7.56. The van der Waals surface area contributed by atoms with Crippen molar-refractivity contribution in [1.82, 2.24) is 19.8 Å². The first-order valence-electron chi connectivity index (χ1n) is 8.17. The fourth-order valence-electron chi connectivity index (χ4n) is 3.58. The van der Waals surface area contributed by atoms with E-state index in [0.717, 1.165) is 55.5 Å². The van der Waals surface area contributed by atoms with E-state index in [1.54, 1.807) is 22.2 Å². The number of rotatable bonds is 1. The van der Waals surface area contributed by atoms with E-state index in [2.05, 4.69) is 22.2 Å². The van der Waals surface area contributed by atoms with Crippen LogP contribution in [-0.4, -0.2) is 40.5 Å². The Morgan fingerprint density at radius 1 is 1.43 bits per heavy atom. The topological polar surface area (TPSA) is 74.0 Å². The lowest BCUT2D eigenvalue weighted by Gasteiger charge is -2.22. The molecule has 2 aromatic heterocycles. The van der Waals surface area contributed by atoms with E-state index in [-0.39, 0.29) is 11.9 Å². The molecule has 2 aliphatic heterocycles. The quantitative estimate of drug-likeness (QED) is 0.830. The normalized spacial score (nSPS) is 22.7. The van der Waals surface area contributed by atoms with E-state index in [4.69, 9.17) is 5.41 Å². The number of fused-ring (bicyclic) bond motifs is 3. The van der Waals surface area contributed by atoms with Gasteiger partial charge in [0.15, 0.2) is 0 Å². The van der Waals surface area contributed by atoms with Crippen LogP contribution in [0.25, 0.3) is 10.2 Å². The lowest BCUT2D eigenvalue weighted by molar-refractivity contribution is -0.124. The summed E-state index contributed by atoms with van der Waals surface area (Å²) in [6.45, 7) is 2.68. The number of carbonyl (C=O) groups is 1. The maximum Gasteiger partial charge on any atom is 0.243 e. The maximum absolute atomic E-state index is 12.3. The van der Waals surface area contributed by atoms with Crippen LogP contribution in [-0.2, 0) is 17.8 Å². The molecule has 0 bridgehead atoms. The highest BCUT2D eigenvalue weighted by Crippen LogP contribution is 2.32. The predicted octanol–water partition coefficient (Wildman–Crippen LogP) is 1.41. The van der Waals surface area contributed by atoms with Crippen LogP contribution in [0.3, 0.4) is 0 Å². The Hall–Kier alpha value is -1.73. The predicted molar refractivity (Wildman–Crippen MR) is 89.4 cm³/mol. The number of hydrogen-bond acceptors (Lipinski definition) is 5. The molecule has 1 fully saturated rings. The van der Waals surface area contributed by atoms with Gasteiger partial charge in [0.05, 0.1) is 11.7 Å². The summed E-state index contributed by atoms with van der Waals surface area (Å²) in [4.78, 5) is 21.4. The molecular weight excluding hydrogens is 310 g/mol. The molecule has 0 aromatic carbocycles. The molecular formula is C16H21N5OS. The third-order valence-corrected chi connectivity index (χ3v) is 5.99. The summed E-state index contributed by atoms with van der Waals surface area (Å²) in [5, 5.41) is 12.6. The second kappa shape index (κ2) is 5.72. The summed E-state index contributed by atoms with van der Waals surface area (Å²) in [5.74, 6) is 0.0194. The molecule has 1 amide bonds. The number of nitrogens with zero attached hydrogens (tertiary/aromatic N) is 3. The molecule has 122 valence electrons. The van der Waals surface area contributed by atoms with Gasteiger partial charge in [-0.05, 0) is 38.3 Å². The van der Waals surface area contributed by atoms with E-state index in [1.165, 1.54) is 10.4 Å². The molecule has 1 atom stereocenters. The molecule has 4 rings (SSSR count). The zero-order valence-corrected chi connectivity index (χ0v) is 14.1. The molecule has 2 aromatic rings.